The Morgan fingerprint density at radius 2 is 2.03 bits per heavy atom. The summed E-state index contributed by atoms with van der Waals surface area (Å²) in [4.78, 5) is 33.7. The molecule has 0 unspecified atom stereocenters. The molecule has 1 fully saturated rings. The minimum Gasteiger partial charge on any atom is -0.348 e. The summed E-state index contributed by atoms with van der Waals surface area (Å²) in [5, 5.41) is 0.686. The highest BCUT2D eigenvalue weighted by Gasteiger charge is 2.35. The first-order valence-corrected chi connectivity index (χ1v) is 15.1. The molecule has 2 aliphatic rings. The van der Waals surface area contributed by atoms with Gasteiger partial charge in [-0.1, -0.05) is 18.2 Å². The molecular formula is C25H23ClF2N4O4S2. The highest BCUT2D eigenvalue weighted by Crippen LogP contribution is 2.46. The molecular weight excluding hydrogens is 558 g/mol. The van der Waals surface area contributed by atoms with Crippen molar-refractivity contribution in [1.82, 2.24) is 14.5 Å². The lowest BCUT2D eigenvalue weighted by Crippen LogP contribution is -2.57. The second-order valence-electron chi connectivity index (χ2n) is 9.23. The van der Waals surface area contributed by atoms with Crippen molar-refractivity contribution in [3.8, 4) is 11.1 Å². The van der Waals surface area contributed by atoms with Crippen LogP contribution in [0, 0.1) is 11.6 Å². The van der Waals surface area contributed by atoms with Crippen LogP contribution >= 0.6 is 23.4 Å². The molecule has 13 heteroatoms. The van der Waals surface area contributed by atoms with E-state index in [1.54, 1.807) is 11.0 Å². The zero-order valence-corrected chi connectivity index (χ0v) is 22.7. The quantitative estimate of drug-likeness (QED) is 0.427. The Hall–Kier alpha value is -2.96. The van der Waals surface area contributed by atoms with Gasteiger partial charge in [0, 0.05) is 65.7 Å². The second-order valence-corrected chi connectivity index (χ2v) is 12.9. The maximum atomic E-state index is 14.8. The third kappa shape index (κ3) is 4.80. The number of hydrogen-bond acceptors (Lipinski definition) is 7. The zero-order valence-electron chi connectivity index (χ0n) is 20.3. The number of sulfone groups is 1. The number of hydrogen-bond donors (Lipinski definition) is 0. The van der Waals surface area contributed by atoms with Crippen LogP contribution in [0.2, 0.25) is 5.02 Å². The number of carbonyl (C=O) groups is 1. The molecule has 1 saturated heterocycles. The summed E-state index contributed by atoms with van der Waals surface area (Å²) in [6.07, 6.45) is 2.28. The third-order valence-corrected chi connectivity index (χ3v) is 9.01. The highest BCUT2D eigenvalue weighted by molar-refractivity contribution is 7.99. The smallest absolute Gasteiger partial charge is 0.348 e. The standard InChI is InChI=1S/C25H23ClF2N4O4S2/c1-3-20(33)30-6-7-31(15(12-30)13-38(2,35)36)24-17-11-18(26)21(16-5-4-14(27)10-19(16)28)23-22(17)32(8-9-37-23)25(34)29-24/h3-5,10-11,15H,1,6-9,12-13H2,2H3/t15-/m0/s1. The molecule has 3 aromatic rings. The summed E-state index contributed by atoms with van der Waals surface area (Å²) in [7, 11) is -3.47. The van der Waals surface area contributed by atoms with Gasteiger partial charge in [0.2, 0.25) is 5.91 Å². The number of anilines is 1. The van der Waals surface area contributed by atoms with Crippen LogP contribution in [0.3, 0.4) is 0 Å². The first-order valence-electron chi connectivity index (χ1n) is 11.7. The molecule has 0 saturated carbocycles. The Bertz CT molecular complexity index is 1660. The predicted molar refractivity (Wildman–Crippen MR) is 145 cm³/mol. The predicted octanol–water partition coefficient (Wildman–Crippen LogP) is 3.35. The van der Waals surface area contributed by atoms with E-state index in [9.17, 15) is 26.8 Å². The average molecular weight is 581 g/mol. The average Bonchev–Trinajstić information content (AvgIpc) is 2.85. The molecule has 2 aliphatic heterocycles. The number of aromatic nitrogens is 2. The van der Waals surface area contributed by atoms with Crippen LogP contribution < -0.4 is 10.6 Å². The number of benzene rings is 2. The molecule has 8 nitrogen and oxygen atoms in total. The van der Waals surface area contributed by atoms with Crippen LogP contribution in [0.1, 0.15) is 0 Å². The summed E-state index contributed by atoms with van der Waals surface area (Å²) in [6.45, 7) is 4.46. The normalized spacial score (nSPS) is 17.6. The van der Waals surface area contributed by atoms with E-state index < -0.39 is 33.2 Å². The van der Waals surface area contributed by atoms with Gasteiger partial charge in [0.1, 0.15) is 27.3 Å². The maximum Gasteiger partial charge on any atom is 0.350 e. The van der Waals surface area contributed by atoms with Crippen molar-refractivity contribution in [3.63, 3.8) is 0 Å². The third-order valence-electron chi connectivity index (χ3n) is 6.65. The van der Waals surface area contributed by atoms with Crippen molar-refractivity contribution >= 4 is 55.8 Å². The van der Waals surface area contributed by atoms with E-state index in [1.165, 1.54) is 33.4 Å². The van der Waals surface area contributed by atoms with Crippen LogP contribution in [0.25, 0.3) is 22.0 Å². The lowest BCUT2D eigenvalue weighted by Gasteiger charge is -2.42. The van der Waals surface area contributed by atoms with Crippen LogP contribution in [0.4, 0.5) is 14.6 Å². The van der Waals surface area contributed by atoms with E-state index in [-0.39, 0.29) is 47.7 Å². The SMILES string of the molecule is C=CC(=O)N1CCN(c2nc(=O)n3c4c(c(-c5ccc(F)cc5F)c(Cl)cc24)SCC3)[C@H](CS(C)(=O)=O)C1. The number of thioether (sulfide) groups is 1. The summed E-state index contributed by atoms with van der Waals surface area (Å²) >= 11 is 8.12. The van der Waals surface area contributed by atoms with Crippen molar-refractivity contribution in [2.24, 2.45) is 0 Å². The molecule has 3 heterocycles. The van der Waals surface area contributed by atoms with Crippen LogP contribution in [0.15, 0.2) is 46.6 Å². The Balaban J connectivity index is 1.73. The minimum absolute atomic E-state index is 0.0956. The van der Waals surface area contributed by atoms with Crippen molar-refractivity contribution in [1.29, 1.82) is 0 Å². The first kappa shape index (κ1) is 26.6. The van der Waals surface area contributed by atoms with Gasteiger partial charge in [-0.05, 0) is 24.3 Å². The highest BCUT2D eigenvalue weighted by atomic mass is 35.5. The monoisotopic (exact) mass is 580 g/mol. The van der Waals surface area contributed by atoms with E-state index in [0.717, 1.165) is 18.4 Å². The minimum atomic E-state index is -3.47. The fourth-order valence-corrected chi connectivity index (χ4v) is 7.61. The van der Waals surface area contributed by atoms with Gasteiger partial charge in [0.05, 0.1) is 22.3 Å². The van der Waals surface area contributed by atoms with Crippen molar-refractivity contribution in [2.75, 3.05) is 42.3 Å². The first-order chi connectivity index (χ1) is 18.0. The Kier molecular flexibility index (Phi) is 6.99. The number of carbonyl (C=O) groups excluding carboxylic acids is 1. The Morgan fingerprint density at radius 1 is 1.26 bits per heavy atom. The lowest BCUT2D eigenvalue weighted by atomic mass is 10.0. The zero-order chi connectivity index (χ0) is 27.4. The van der Waals surface area contributed by atoms with Crippen molar-refractivity contribution < 1.29 is 22.0 Å². The van der Waals surface area contributed by atoms with Gasteiger partial charge in [0.15, 0.2) is 0 Å². The molecule has 0 aliphatic carbocycles. The number of aryl methyl sites for hydroxylation is 1. The second kappa shape index (κ2) is 9.97. The number of rotatable bonds is 5. The molecule has 2 aromatic carbocycles. The van der Waals surface area contributed by atoms with Crippen molar-refractivity contribution in [3.05, 3.63) is 64.1 Å². The largest absolute Gasteiger partial charge is 0.350 e. The van der Waals surface area contributed by atoms with E-state index >= 15 is 0 Å². The summed E-state index contributed by atoms with van der Waals surface area (Å²) < 4.78 is 54.6. The molecule has 200 valence electrons. The lowest BCUT2D eigenvalue weighted by molar-refractivity contribution is -0.126. The number of nitrogens with zero attached hydrogens (tertiary/aromatic N) is 4. The maximum absolute atomic E-state index is 14.8. The number of piperazine rings is 1. The Labute approximate surface area is 226 Å². The molecule has 1 atom stereocenters. The summed E-state index contributed by atoms with van der Waals surface area (Å²) in [5.41, 5.74) is 0.416. The van der Waals surface area contributed by atoms with Gasteiger partial charge in [-0.2, -0.15) is 4.98 Å². The van der Waals surface area contributed by atoms with Gasteiger partial charge in [-0.25, -0.2) is 22.0 Å². The van der Waals surface area contributed by atoms with Gasteiger partial charge in [0.25, 0.3) is 0 Å². The molecule has 5 rings (SSSR count). The van der Waals surface area contributed by atoms with Crippen molar-refractivity contribution in [2.45, 2.75) is 17.5 Å². The van der Waals surface area contributed by atoms with E-state index in [4.69, 9.17) is 11.6 Å². The fraction of sp³-hybridized carbons (Fsp3) is 0.320. The summed E-state index contributed by atoms with van der Waals surface area (Å²) in [6, 6.07) is 4.14. The molecule has 0 N–H and O–H groups in total. The number of amides is 1. The van der Waals surface area contributed by atoms with Gasteiger partial charge < -0.3 is 9.80 Å². The van der Waals surface area contributed by atoms with E-state index in [1.807, 2.05) is 0 Å². The molecule has 38 heavy (non-hydrogen) atoms. The van der Waals surface area contributed by atoms with Crippen LogP contribution in [-0.4, -0.2) is 72.2 Å². The topological polar surface area (TPSA) is 92.6 Å². The van der Waals surface area contributed by atoms with E-state index in [0.29, 0.717) is 33.7 Å². The molecule has 1 amide bonds. The van der Waals surface area contributed by atoms with Crippen LogP contribution in [0.5, 0.6) is 0 Å². The van der Waals surface area contributed by atoms with Gasteiger partial charge >= 0.3 is 5.69 Å². The molecule has 0 bridgehead atoms. The van der Waals surface area contributed by atoms with Crippen LogP contribution in [-0.2, 0) is 21.2 Å². The molecule has 1 aromatic heterocycles. The molecule has 0 spiro atoms. The summed E-state index contributed by atoms with van der Waals surface area (Å²) in [5.74, 6) is -1.34. The van der Waals surface area contributed by atoms with Gasteiger partial charge in [-0.3, -0.25) is 9.36 Å². The fourth-order valence-electron chi connectivity index (χ4n) is 5.07. The molecule has 0 radical (unpaired) electrons. The van der Waals surface area contributed by atoms with E-state index in [2.05, 4.69) is 11.6 Å². The van der Waals surface area contributed by atoms with Gasteiger partial charge in [-0.15, -0.1) is 11.8 Å². The number of halogens is 3. The Morgan fingerprint density at radius 3 is 2.71 bits per heavy atom.